The molecule has 3 rings (SSSR count). The molecule has 0 radical (unpaired) electrons. The lowest BCUT2D eigenvalue weighted by molar-refractivity contribution is 0.167. The first kappa shape index (κ1) is 29.9. The van der Waals surface area contributed by atoms with Gasteiger partial charge in [0, 0.05) is 29.6 Å². The number of ether oxygens (including phenoxy) is 1. The summed E-state index contributed by atoms with van der Waals surface area (Å²) in [5.74, 6) is -1.39. The van der Waals surface area contributed by atoms with E-state index in [1.807, 2.05) is 32.4 Å². The van der Waals surface area contributed by atoms with Crippen LogP contribution in [0.25, 0.3) is 22.6 Å². The highest BCUT2D eigenvalue weighted by molar-refractivity contribution is 7.92. The van der Waals surface area contributed by atoms with Gasteiger partial charge in [-0.25, -0.2) is 36.9 Å². The van der Waals surface area contributed by atoms with E-state index in [4.69, 9.17) is 0 Å². The van der Waals surface area contributed by atoms with Gasteiger partial charge in [-0.15, -0.1) is 0 Å². The Balaban J connectivity index is 2.06. The molecule has 0 spiro atoms. The van der Waals surface area contributed by atoms with E-state index < -0.39 is 38.9 Å². The van der Waals surface area contributed by atoms with E-state index in [1.165, 1.54) is 13.2 Å². The van der Waals surface area contributed by atoms with Gasteiger partial charge in [0.25, 0.3) is 0 Å². The van der Waals surface area contributed by atoms with Gasteiger partial charge in [0.1, 0.15) is 28.8 Å². The number of halogens is 2. The molecule has 212 valence electrons. The predicted molar refractivity (Wildman–Crippen MR) is 145 cm³/mol. The Hall–Kier alpha value is -3.61. The molecule has 2 aromatic heterocycles. The molecule has 1 amide bonds. The molecule has 10 nitrogen and oxygen atoms in total. The molecule has 1 atom stereocenters. The van der Waals surface area contributed by atoms with Crippen molar-refractivity contribution in [1.29, 1.82) is 0 Å². The second kappa shape index (κ2) is 12.1. The van der Waals surface area contributed by atoms with Crippen LogP contribution in [-0.2, 0) is 26.6 Å². The Kier molecular flexibility index (Phi) is 9.26. The summed E-state index contributed by atoms with van der Waals surface area (Å²) >= 11 is 0. The summed E-state index contributed by atoms with van der Waals surface area (Å²) in [7, 11) is -2.66. The molecule has 3 aromatic rings. The van der Waals surface area contributed by atoms with Crippen LogP contribution in [0.5, 0.6) is 0 Å². The van der Waals surface area contributed by atoms with E-state index in [2.05, 4.69) is 30.0 Å². The average molecular weight is 565 g/mol. The number of carbonyl (C=O) groups is 1. The lowest BCUT2D eigenvalue weighted by Gasteiger charge is -2.14. The number of aromatic amines is 1. The zero-order valence-corrected chi connectivity index (χ0v) is 23.7. The maximum absolute atomic E-state index is 15.7. The van der Waals surface area contributed by atoms with Crippen LogP contribution in [0, 0.1) is 11.6 Å². The number of carbonyl (C=O) groups excluding carboxylic acids is 1. The fourth-order valence-corrected chi connectivity index (χ4v) is 4.89. The molecular formula is C26H34F2N6O4S. The van der Waals surface area contributed by atoms with Gasteiger partial charge in [0.2, 0.25) is 10.0 Å². The number of H-pyrrole nitrogens is 1. The van der Waals surface area contributed by atoms with Crippen LogP contribution in [-0.4, -0.2) is 53.4 Å². The number of aryl methyl sites for hydroxylation is 1. The number of aromatic nitrogens is 4. The van der Waals surface area contributed by atoms with Crippen LogP contribution in [0.4, 0.5) is 19.3 Å². The first-order chi connectivity index (χ1) is 18.3. The molecular weight excluding hydrogens is 530 g/mol. The standard InChI is InChI=1S/C26H34F2N6O4S/c1-7-14-39(36,37)34-22-17(27)10-9-16(20(22)28)21-23(33-24(32-21)26(3,4)5)18-12-13-29-19(31-18)11-8-15(2)30-25(35)38-6/h9-10,12-13,15,34H,7-8,11,14H2,1-6H3,(H,30,35)(H,32,33)/t15-/m0/s1. The highest BCUT2D eigenvalue weighted by Crippen LogP contribution is 2.37. The highest BCUT2D eigenvalue weighted by Gasteiger charge is 2.27. The molecule has 0 saturated carbocycles. The number of anilines is 1. The van der Waals surface area contributed by atoms with Crippen molar-refractivity contribution in [3.8, 4) is 22.6 Å². The van der Waals surface area contributed by atoms with Gasteiger partial charge >= 0.3 is 6.09 Å². The zero-order chi connectivity index (χ0) is 29.0. The monoisotopic (exact) mass is 564 g/mol. The Labute approximate surface area is 227 Å². The van der Waals surface area contributed by atoms with Crippen molar-refractivity contribution in [1.82, 2.24) is 25.3 Å². The maximum Gasteiger partial charge on any atom is 0.407 e. The minimum Gasteiger partial charge on any atom is -0.453 e. The van der Waals surface area contributed by atoms with Crippen LogP contribution in [0.1, 0.15) is 59.1 Å². The molecule has 1 aromatic carbocycles. The van der Waals surface area contributed by atoms with Crippen LogP contribution in [0.15, 0.2) is 24.4 Å². The van der Waals surface area contributed by atoms with E-state index in [1.54, 1.807) is 19.2 Å². The summed E-state index contributed by atoms with van der Waals surface area (Å²) in [6, 6.07) is 3.66. The molecule has 0 unspecified atom stereocenters. The highest BCUT2D eigenvalue weighted by atomic mass is 32.2. The number of methoxy groups -OCH3 is 1. The van der Waals surface area contributed by atoms with Crippen molar-refractivity contribution < 1.29 is 26.7 Å². The summed E-state index contributed by atoms with van der Waals surface area (Å²) in [5, 5.41) is 2.68. The smallest absolute Gasteiger partial charge is 0.407 e. The quantitative estimate of drug-likeness (QED) is 0.317. The van der Waals surface area contributed by atoms with E-state index in [9.17, 15) is 17.6 Å². The number of hydrogen-bond donors (Lipinski definition) is 3. The Morgan fingerprint density at radius 1 is 1.18 bits per heavy atom. The van der Waals surface area contributed by atoms with Gasteiger partial charge in [-0.2, -0.15) is 0 Å². The van der Waals surface area contributed by atoms with Gasteiger partial charge in [0.15, 0.2) is 5.82 Å². The second-order valence-electron chi connectivity index (χ2n) is 10.2. The minimum absolute atomic E-state index is 0.0941. The molecule has 0 saturated heterocycles. The van der Waals surface area contributed by atoms with Crippen molar-refractivity contribution in [2.75, 3.05) is 17.6 Å². The maximum atomic E-state index is 15.7. The largest absolute Gasteiger partial charge is 0.453 e. The number of amides is 1. The van der Waals surface area contributed by atoms with Crippen LogP contribution >= 0.6 is 0 Å². The van der Waals surface area contributed by atoms with E-state index in [-0.39, 0.29) is 29.5 Å². The number of rotatable bonds is 10. The second-order valence-corrected chi connectivity index (χ2v) is 12.0. The Bertz CT molecular complexity index is 1440. The zero-order valence-electron chi connectivity index (χ0n) is 22.9. The van der Waals surface area contributed by atoms with E-state index in [0.717, 1.165) is 6.07 Å². The first-order valence-electron chi connectivity index (χ1n) is 12.5. The number of nitrogens with zero attached hydrogens (tertiary/aromatic N) is 3. The third-order valence-corrected chi connectivity index (χ3v) is 7.26. The number of hydrogen-bond acceptors (Lipinski definition) is 7. The van der Waals surface area contributed by atoms with E-state index >= 15 is 4.39 Å². The van der Waals surface area contributed by atoms with Crippen molar-refractivity contribution in [3.63, 3.8) is 0 Å². The van der Waals surface area contributed by atoms with Crippen LogP contribution in [0.2, 0.25) is 0 Å². The van der Waals surface area contributed by atoms with Crippen molar-refractivity contribution in [2.45, 2.75) is 65.3 Å². The SMILES string of the molecule is CCCS(=O)(=O)Nc1c(F)ccc(-c2nc(C(C)(C)C)[nH]c2-c2ccnc(CC[C@H](C)NC(=O)OC)n2)c1F. The minimum atomic E-state index is -3.95. The summed E-state index contributed by atoms with van der Waals surface area (Å²) in [6.07, 6.45) is 2.28. The summed E-state index contributed by atoms with van der Waals surface area (Å²) in [5.41, 5.74) is -0.370. The molecule has 0 aliphatic heterocycles. The van der Waals surface area contributed by atoms with Crippen molar-refractivity contribution in [2.24, 2.45) is 0 Å². The summed E-state index contributed by atoms with van der Waals surface area (Å²) in [4.78, 5) is 28.2. The van der Waals surface area contributed by atoms with Gasteiger partial charge in [0.05, 0.1) is 24.3 Å². The normalized spacial score (nSPS) is 12.7. The molecule has 3 N–H and O–H groups in total. The number of imidazole rings is 1. The topological polar surface area (TPSA) is 139 Å². The van der Waals surface area contributed by atoms with Gasteiger partial charge in [-0.1, -0.05) is 27.7 Å². The number of sulfonamides is 1. The molecule has 13 heteroatoms. The lowest BCUT2D eigenvalue weighted by atomic mass is 9.96. The molecule has 39 heavy (non-hydrogen) atoms. The van der Waals surface area contributed by atoms with Gasteiger partial charge < -0.3 is 15.0 Å². The Morgan fingerprint density at radius 2 is 1.90 bits per heavy atom. The Morgan fingerprint density at radius 3 is 2.54 bits per heavy atom. The number of benzene rings is 1. The number of nitrogens with one attached hydrogen (secondary N) is 3. The van der Waals surface area contributed by atoms with Crippen LogP contribution < -0.4 is 10.0 Å². The lowest BCUT2D eigenvalue weighted by Crippen LogP contribution is -2.32. The predicted octanol–water partition coefficient (Wildman–Crippen LogP) is 4.94. The summed E-state index contributed by atoms with van der Waals surface area (Å²) in [6.45, 7) is 9.25. The third-order valence-electron chi connectivity index (χ3n) is 5.80. The third kappa shape index (κ3) is 7.49. The fraction of sp³-hybridized carbons (Fsp3) is 0.462. The molecule has 2 heterocycles. The summed E-state index contributed by atoms with van der Waals surface area (Å²) < 4.78 is 61.5. The molecule has 0 bridgehead atoms. The fourth-order valence-electron chi connectivity index (χ4n) is 3.75. The number of alkyl carbamates (subject to hydrolysis) is 1. The average Bonchev–Trinajstić information content (AvgIpc) is 3.31. The van der Waals surface area contributed by atoms with Crippen molar-refractivity contribution >= 4 is 21.8 Å². The molecule has 0 aliphatic rings. The van der Waals surface area contributed by atoms with Gasteiger partial charge in [-0.05, 0) is 38.0 Å². The molecule has 0 aliphatic carbocycles. The van der Waals surface area contributed by atoms with Gasteiger partial charge in [-0.3, -0.25) is 4.72 Å². The van der Waals surface area contributed by atoms with E-state index in [0.29, 0.717) is 35.9 Å². The van der Waals surface area contributed by atoms with Crippen LogP contribution in [0.3, 0.4) is 0 Å². The first-order valence-corrected chi connectivity index (χ1v) is 14.2. The molecule has 0 fully saturated rings. The van der Waals surface area contributed by atoms with Crippen molar-refractivity contribution in [3.05, 3.63) is 47.7 Å².